The van der Waals surface area contributed by atoms with Crippen LogP contribution in [0.1, 0.15) is 40.0 Å². The molecule has 1 aliphatic rings. The number of alkyl carbamates (subject to hydrolysis) is 1. The number of rotatable bonds is 5. The molecular weight excluding hydrogens is 278 g/mol. The number of carbonyl (C=O) groups excluding carboxylic acids is 1. The third-order valence-electron chi connectivity index (χ3n) is 3.24. The molecule has 0 aliphatic heterocycles. The number of carbonyl (C=O) groups is 2. The predicted octanol–water partition coefficient (Wildman–Crippen LogP) is 1.75. The smallest absolute Gasteiger partial charge is 0.407 e. The van der Waals surface area contributed by atoms with Crippen molar-refractivity contribution in [1.82, 2.24) is 5.32 Å². The fraction of sp³-hybridized carbons (Fsp3) is 0.857. The number of ether oxygens (including phenoxy) is 3. The summed E-state index contributed by atoms with van der Waals surface area (Å²) in [7, 11) is 1.51. The van der Waals surface area contributed by atoms with Crippen molar-refractivity contribution in [3.05, 3.63) is 0 Å². The minimum atomic E-state index is -0.851. The zero-order valence-electron chi connectivity index (χ0n) is 13.0. The van der Waals surface area contributed by atoms with E-state index in [9.17, 15) is 9.59 Å². The summed E-state index contributed by atoms with van der Waals surface area (Å²) in [5.41, 5.74) is -0.603. The van der Waals surface area contributed by atoms with Crippen LogP contribution in [0.3, 0.4) is 0 Å². The number of aliphatic carboxylic acids is 1. The van der Waals surface area contributed by atoms with Gasteiger partial charge in [0.05, 0.1) is 18.1 Å². The topological polar surface area (TPSA) is 94.1 Å². The van der Waals surface area contributed by atoms with Crippen LogP contribution >= 0.6 is 0 Å². The van der Waals surface area contributed by atoms with Crippen LogP contribution in [-0.2, 0) is 19.0 Å². The average Bonchev–Trinajstić information content (AvgIpc) is 2.34. The van der Waals surface area contributed by atoms with Crippen LogP contribution in [0.15, 0.2) is 0 Å². The normalized spacial score (nSPS) is 26.2. The van der Waals surface area contributed by atoms with Gasteiger partial charge in [0.2, 0.25) is 0 Å². The van der Waals surface area contributed by atoms with Crippen LogP contribution in [-0.4, -0.2) is 48.8 Å². The molecule has 0 aromatic heterocycles. The number of nitrogens with one attached hydrogen (secondary N) is 1. The highest BCUT2D eigenvalue weighted by Gasteiger charge is 2.36. The van der Waals surface area contributed by atoms with Crippen LogP contribution in [0, 0.1) is 5.92 Å². The van der Waals surface area contributed by atoms with Crippen molar-refractivity contribution in [3.63, 3.8) is 0 Å². The first kappa shape index (κ1) is 17.7. The van der Waals surface area contributed by atoms with E-state index in [4.69, 9.17) is 19.3 Å². The Morgan fingerprint density at radius 1 is 1.29 bits per heavy atom. The average molecular weight is 303 g/mol. The van der Waals surface area contributed by atoms with Gasteiger partial charge in [-0.3, -0.25) is 4.79 Å². The van der Waals surface area contributed by atoms with Crippen LogP contribution < -0.4 is 5.32 Å². The molecule has 2 N–H and O–H groups in total. The van der Waals surface area contributed by atoms with Crippen molar-refractivity contribution in [3.8, 4) is 0 Å². The zero-order chi connectivity index (χ0) is 16.0. The van der Waals surface area contributed by atoms with Gasteiger partial charge in [-0.05, 0) is 40.0 Å². The Labute approximate surface area is 124 Å². The highest BCUT2D eigenvalue weighted by atomic mass is 16.7. The molecule has 0 heterocycles. The Hall–Kier alpha value is -1.34. The molecule has 122 valence electrons. The van der Waals surface area contributed by atoms with Gasteiger partial charge in [-0.25, -0.2) is 4.79 Å². The van der Waals surface area contributed by atoms with Gasteiger partial charge in [0.25, 0.3) is 0 Å². The van der Waals surface area contributed by atoms with Gasteiger partial charge in [-0.15, -0.1) is 0 Å². The lowest BCUT2D eigenvalue weighted by Crippen LogP contribution is -2.50. The van der Waals surface area contributed by atoms with Crippen LogP contribution in [0.2, 0.25) is 0 Å². The molecule has 0 unspecified atom stereocenters. The summed E-state index contributed by atoms with van der Waals surface area (Å²) in [6.07, 6.45) is 0.567. The first-order valence-corrected chi connectivity index (χ1v) is 7.06. The number of hydrogen-bond acceptors (Lipinski definition) is 5. The van der Waals surface area contributed by atoms with Crippen molar-refractivity contribution < 1.29 is 28.9 Å². The summed E-state index contributed by atoms with van der Waals surface area (Å²) in [6.45, 7) is 5.42. The summed E-state index contributed by atoms with van der Waals surface area (Å²) < 4.78 is 15.6. The summed E-state index contributed by atoms with van der Waals surface area (Å²) >= 11 is 0. The number of methoxy groups -OCH3 is 1. The Kier molecular flexibility index (Phi) is 6.42. The third-order valence-corrected chi connectivity index (χ3v) is 3.24. The van der Waals surface area contributed by atoms with E-state index < -0.39 is 29.6 Å². The highest BCUT2D eigenvalue weighted by Crippen LogP contribution is 2.27. The largest absolute Gasteiger partial charge is 0.481 e. The van der Waals surface area contributed by atoms with Gasteiger partial charge in [0.15, 0.2) is 0 Å². The van der Waals surface area contributed by atoms with Gasteiger partial charge in [-0.2, -0.15) is 0 Å². The van der Waals surface area contributed by atoms with E-state index in [-0.39, 0.29) is 12.9 Å². The minimum absolute atomic E-state index is 0.106. The number of amides is 1. The number of carboxylic acid groups (broad SMARTS) is 1. The molecule has 0 spiro atoms. The fourth-order valence-electron chi connectivity index (χ4n) is 2.33. The summed E-state index contributed by atoms with van der Waals surface area (Å²) in [6, 6.07) is -0.398. The standard InChI is InChI=1S/C14H25NO6/c1-14(2,3)21-13(18)15-10-7-9(12(16)17)5-6-11(10)20-8-19-4/h9-11H,5-8H2,1-4H3,(H,15,18)(H,16,17)/t9-,10-,11-/m0/s1. The van der Waals surface area contributed by atoms with E-state index in [0.29, 0.717) is 19.3 Å². The van der Waals surface area contributed by atoms with Crippen molar-refractivity contribution in [2.45, 2.75) is 57.8 Å². The maximum absolute atomic E-state index is 11.9. The first-order valence-electron chi connectivity index (χ1n) is 7.06. The summed E-state index contributed by atoms with van der Waals surface area (Å²) in [5, 5.41) is 11.8. The van der Waals surface area contributed by atoms with Gasteiger partial charge < -0.3 is 24.6 Å². The van der Waals surface area contributed by atoms with Crippen molar-refractivity contribution in [2.24, 2.45) is 5.92 Å². The van der Waals surface area contributed by atoms with E-state index in [2.05, 4.69) is 5.32 Å². The Morgan fingerprint density at radius 2 is 1.95 bits per heavy atom. The maximum atomic E-state index is 11.9. The molecule has 1 aliphatic carbocycles. The molecule has 0 radical (unpaired) electrons. The molecule has 1 saturated carbocycles. The quantitative estimate of drug-likeness (QED) is 0.752. The second kappa shape index (κ2) is 7.61. The molecule has 0 bridgehead atoms. The van der Waals surface area contributed by atoms with Crippen molar-refractivity contribution >= 4 is 12.1 Å². The van der Waals surface area contributed by atoms with E-state index in [0.717, 1.165) is 0 Å². The molecule has 0 aromatic rings. The second-order valence-corrected chi connectivity index (χ2v) is 6.21. The number of hydrogen-bond donors (Lipinski definition) is 2. The second-order valence-electron chi connectivity index (χ2n) is 6.21. The van der Waals surface area contributed by atoms with Crippen LogP contribution in [0.5, 0.6) is 0 Å². The molecule has 21 heavy (non-hydrogen) atoms. The van der Waals surface area contributed by atoms with E-state index >= 15 is 0 Å². The molecule has 3 atom stereocenters. The van der Waals surface area contributed by atoms with Gasteiger partial charge in [0.1, 0.15) is 12.4 Å². The Morgan fingerprint density at radius 3 is 2.48 bits per heavy atom. The summed E-state index contributed by atoms with van der Waals surface area (Å²) in [4.78, 5) is 23.0. The van der Waals surface area contributed by atoms with Crippen molar-refractivity contribution in [2.75, 3.05) is 13.9 Å². The van der Waals surface area contributed by atoms with Crippen molar-refractivity contribution in [1.29, 1.82) is 0 Å². The predicted molar refractivity (Wildman–Crippen MR) is 74.9 cm³/mol. The molecule has 1 rings (SSSR count). The monoisotopic (exact) mass is 303 g/mol. The van der Waals surface area contributed by atoms with Gasteiger partial charge >= 0.3 is 12.1 Å². The summed E-state index contributed by atoms with van der Waals surface area (Å²) in [5.74, 6) is -1.33. The van der Waals surface area contributed by atoms with E-state index in [1.807, 2.05) is 0 Å². The van der Waals surface area contributed by atoms with Gasteiger partial charge in [0, 0.05) is 7.11 Å². The zero-order valence-corrected chi connectivity index (χ0v) is 13.0. The Balaban J connectivity index is 2.64. The van der Waals surface area contributed by atoms with Crippen LogP contribution in [0.4, 0.5) is 4.79 Å². The molecule has 0 saturated heterocycles. The molecule has 7 heteroatoms. The molecule has 1 amide bonds. The van der Waals surface area contributed by atoms with Gasteiger partial charge in [-0.1, -0.05) is 0 Å². The van der Waals surface area contributed by atoms with Crippen LogP contribution in [0.25, 0.3) is 0 Å². The SMILES string of the molecule is COCO[C@H]1CC[C@H](C(=O)O)C[C@@H]1NC(=O)OC(C)(C)C. The first-order chi connectivity index (χ1) is 9.73. The van der Waals surface area contributed by atoms with E-state index in [1.165, 1.54) is 7.11 Å². The number of carboxylic acids is 1. The lowest BCUT2D eigenvalue weighted by molar-refractivity contribution is -0.146. The maximum Gasteiger partial charge on any atom is 0.407 e. The fourth-order valence-corrected chi connectivity index (χ4v) is 2.33. The molecule has 1 fully saturated rings. The molecule has 7 nitrogen and oxygen atoms in total. The van der Waals surface area contributed by atoms with E-state index in [1.54, 1.807) is 20.8 Å². The molecular formula is C14H25NO6. The lowest BCUT2D eigenvalue weighted by Gasteiger charge is -2.35. The lowest BCUT2D eigenvalue weighted by atomic mass is 9.84. The third kappa shape index (κ3) is 6.31. The highest BCUT2D eigenvalue weighted by molar-refractivity contribution is 5.71. The minimum Gasteiger partial charge on any atom is -0.481 e. The molecule has 0 aromatic carbocycles. The Bertz CT molecular complexity index is 365.